The largest absolute Gasteiger partial charge is 0.493 e. The second-order valence-corrected chi connectivity index (χ2v) is 11.3. The Morgan fingerprint density at radius 1 is 1.18 bits per heavy atom. The minimum Gasteiger partial charge on any atom is -0.493 e. The lowest BCUT2D eigenvalue weighted by Gasteiger charge is -2.37. The number of amides is 1. The van der Waals surface area contributed by atoms with Gasteiger partial charge in [-0.05, 0) is 72.3 Å². The zero-order valence-corrected chi connectivity index (χ0v) is 22.9. The van der Waals surface area contributed by atoms with Gasteiger partial charge in [0.1, 0.15) is 5.75 Å². The minimum atomic E-state index is -0.927. The van der Waals surface area contributed by atoms with Gasteiger partial charge in [-0.3, -0.25) is 4.79 Å². The predicted molar refractivity (Wildman–Crippen MR) is 149 cm³/mol. The van der Waals surface area contributed by atoms with Crippen molar-refractivity contribution in [1.29, 1.82) is 0 Å². The smallest absolute Gasteiger partial charge is 0.225 e. The fourth-order valence-electron chi connectivity index (χ4n) is 5.33. The molecule has 2 heterocycles. The molecule has 38 heavy (non-hydrogen) atoms. The maximum absolute atomic E-state index is 12.7. The van der Waals surface area contributed by atoms with Crippen molar-refractivity contribution in [3.8, 4) is 5.75 Å². The number of nitrogens with one attached hydrogen (secondary N) is 1. The summed E-state index contributed by atoms with van der Waals surface area (Å²) in [5.74, 6) is 1.97. The van der Waals surface area contributed by atoms with Gasteiger partial charge in [-0.15, -0.1) is 0 Å². The first-order valence-electron chi connectivity index (χ1n) is 13.8. The Bertz CT molecular complexity index is 1080. The van der Waals surface area contributed by atoms with E-state index in [-0.39, 0.29) is 30.4 Å². The van der Waals surface area contributed by atoms with Gasteiger partial charge in [0.05, 0.1) is 19.3 Å². The standard InChI is InChI=1S/C30H42N4O4/c1-4-21-16-32-29(33-17-21)34-13-11-22(12-14-34)20-38-26-8-5-23(6-9-26)24-7-10-27(30(2,3)15-24)28(37)31-18-25(36)19-35/h5-9,16-17,22,25,27,35-36H,4,10-15,18-20H2,1-3H3,(H,31,37)/t25-,27?/m1/s1. The van der Waals surface area contributed by atoms with E-state index in [1.165, 1.54) is 5.57 Å². The molecule has 3 N–H and O–H groups in total. The highest BCUT2D eigenvalue weighted by molar-refractivity contribution is 5.81. The number of aromatic nitrogens is 2. The summed E-state index contributed by atoms with van der Waals surface area (Å²) in [4.78, 5) is 24.0. The molecule has 8 nitrogen and oxygen atoms in total. The van der Waals surface area contributed by atoms with Gasteiger partial charge in [-0.2, -0.15) is 0 Å². The molecule has 1 aromatic carbocycles. The van der Waals surface area contributed by atoms with Crippen LogP contribution in [0.3, 0.4) is 0 Å². The first-order chi connectivity index (χ1) is 18.3. The molecule has 1 saturated heterocycles. The summed E-state index contributed by atoms with van der Waals surface area (Å²) in [6, 6.07) is 8.29. The fourth-order valence-corrected chi connectivity index (χ4v) is 5.33. The molecule has 1 amide bonds. The van der Waals surface area contributed by atoms with Crippen LogP contribution in [0.5, 0.6) is 5.75 Å². The van der Waals surface area contributed by atoms with Gasteiger partial charge in [0.2, 0.25) is 11.9 Å². The third-order valence-electron chi connectivity index (χ3n) is 7.94. The second kappa shape index (κ2) is 12.7. The van der Waals surface area contributed by atoms with Crippen molar-refractivity contribution < 1.29 is 19.7 Å². The zero-order valence-electron chi connectivity index (χ0n) is 22.9. The fraction of sp³-hybridized carbons (Fsp3) is 0.567. The molecule has 2 aliphatic rings. The Labute approximate surface area is 226 Å². The highest BCUT2D eigenvalue weighted by atomic mass is 16.5. The summed E-state index contributed by atoms with van der Waals surface area (Å²) in [6.45, 7) is 8.65. The number of aryl methyl sites for hydroxylation is 1. The van der Waals surface area contributed by atoms with Gasteiger partial charge in [-0.25, -0.2) is 9.97 Å². The van der Waals surface area contributed by atoms with Gasteiger partial charge in [0.15, 0.2) is 0 Å². The lowest BCUT2D eigenvalue weighted by Crippen LogP contribution is -2.43. The third-order valence-corrected chi connectivity index (χ3v) is 7.94. The van der Waals surface area contributed by atoms with Crippen LogP contribution in [0.15, 0.2) is 42.7 Å². The second-order valence-electron chi connectivity index (χ2n) is 11.3. The number of piperidine rings is 1. The van der Waals surface area contributed by atoms with Crippen LogP contribution in [0.4, 0.5) is 5.95 Å². The van der Waals surface area contributed by atoms with E-state index in [0.717, 1.165) is 61.6 Å². The molecule has 1 fully saturated rings. The molecule has 0 bridgehead atoms. The van der Waals surface area contributed by atoms with Crippen molar-refractivity contribution in [2.75, 3.05) is 37.7 Å². The van der Waals surface area contributed by atoms with Crippen LogP contribution in [0.2, 0.25) is 0 Å². The van der Waals surface area contributed by atoms with Crippen LogP contribution in [-0.2, 0) is 11.2 Å². The number of carbonyl (C=O) groups is 1. The molecule has 1 aliphatic carbocycles. The summed E-state index contributed by atoms with van der Waals surface area (Å²) in [6.07, 6.45) is 9.59. The predicted octanol–water partition coefficient (Wildman–Crippen LogP) is 3.62. The van der Waals surface area contributed by atoms with Gasteiger partial charge in [-0.1, -0.05) is 39.0 Å². The number of aliphatic hydroxyl groups is 2. The van der Waals surface area contributed by atoms with Crippen LogP contribution >= 0.6 is 0 Å². The van der Waals surface area contributed by atoms with E-state index >= 15 is 0 Å². The van der Waals surface area contributed by atoms with Crippen LogP contribution < -0.4 is 15.0 Å². The molecule has 1 aliphatic heterocycles. The van der Waals surface area contributed by atoms with E-state index in [2.05, 4.69) is 59.2 Å². The Kier molecular flexibility index (Phi) is 9.39. The van der Waals surface area contributed by atoms with Gasteiger partial charge >= 0.3 is 0 Å². The Balaban J connectivity index is 1.25. The molecule has 2 atom stereocenters. The summed E-state index contributed by atoms with van der Waals surface area (Å²) >= 11 is 0. The van der Waals surface area contributed by atoms with Crippen LogP contribution in [-0.4, -0.2) is 65.0 Å². The number of hydrogen-bond acceptors (Lipinski definition) is 7. The van der Waals surface area contributed by atoms with Crippen molar-refractivity contribution >= 4 is 17.4 Å². The zero-order chi connectivity index (χ0) is 27.1. The first kappa shape index (κ1) is 28.0. The van der Waals surface area contributed by atoms with Crippen molar-refractivity contribution in [3.63, 3.8) is 0 Å². The van der Waals surface area contributed by atoms with E-state index in [0.29, 0.717) is 18.9 Å². The highest BCUT2D eigenvalue weighted by Gasteiger charge is 2.38. The van der Waals surface area contributed by atoms with Gasteiger partial charge in [0, 0.05) is 37.9 Å². The van der Waals surface area contributed by atoms with E-state index < -0.39 is 6.10 Å². The molecule has 4 rings (SSSR count). The number of benzene rings is 1. The molecule has 0 spiro atoms. The summed E-state index contributed by atoms with van der Waals surface area (Å²) in [5, 5.41) is 21.3. The average molecular weight is 523 g/mol. The molecular formula is C30H42N4O4. The molecule has 1 unspecified atom stereocenters. The highest BCUT2D eigenvalue weighted by Crippen LogP contribution is 2.44. The van der Waals surface area contributed by atoms with Gasteiger partial charge in [0.25, 0.3) is 0 Å². The van der Waals surface area contributed by atoms with Crippen molar-refractivity contribution in [2.24, 2.45) is 17.3 Å². The molecule has 1 aromatic heterocycles. The number of anilines is 1. The van der Waals surface area contributed by atoms with E-state index in [1.54, 1.807) is 0 Å². The number of nitrogens with zero attached hydrogens (tertiary/aromatic N) is 3. The first-order valence-corrected chi connectivity index (χ1v) is 13.8. The number of ether oxygens (including phenoxy) is 1. The topological polar surface area (TPSA) is 108 Å². The van der Waals surface area contributed by atoms with Crippen LogP contribution in [0.1, 0.15) is 57.6 Å². The summed E-state index contributed by atoms with van der Waals surface area (Å²) in [5.41, 5.74) is 3.34. The Morgan fingerprint density at radius 2 is 1.87 bits per heavy atom. The Hall–Kier alpha value is -2.97. The number of rotatable bonds is 10. The minimum absolute atomic E-state index is 0.0698. The number of aliphatic hydroxyl groups excluding tert-OH is 2. The van der Waals surface area contributed by atoms with Crippen molar-refractivity contribution in [3.05, 3.63) is 53.9 Å². The monoisotopic (exact) mass is 522 g/mol. The molecule has 2 aromatic rings. The lowest BCUT2D eigenvalue weighted by atomic mass is 9.67. The van der Waals surface area contributed by atoms with Crippen molar-refractivity contribution in [2.45, 2.75) is 59.0 Å². The number of hydrogen-bond donors (Lipinski definition) is 3. The van der Waals surface area contributed by atoms with Crippen LogP contribution in [0, 0.1) is 17.3 Å². The van der Waals surface area contributed by atoms with E-state index in [1.807, 2.05) is 24.5 Å². The summed E-state index contributed by atoms with van der Waals surface area (Å²) in [7, 11) is 0. The number of allylic oxidation sites excluding steroid dienone is 2. The van der Waals surface area contributed by atoms with E-state index in [9.17, 15) is 9.90 Å². The molecule has 206 valence electrons. The van der Waals surface area contributed by atoms with Crippen molar-refractivity contribution in [1.82, 2.24) is 15.3 Å². The third kappa shape index (κ3) is 7.11. The Morgan fingerprint density at radius 3 is 2.47 bits per heavy atom. The molecule has 8 heteroatoms. The quantitative estimate of drug-likeness (QED) is 0.437. The molecule has 0 saturated carbocycles. The van der Waals surface area contributed by atoms with Gasteiger partial charge < -0.3 is 25.2 Å². The number of carbonyl (C=O) groups excluding carboxylic acids is 1. The van der Waals surface area contributed by atoms with E-state index in [4.69, 9.17) is 9.84 Å². The van der Waals surface area contributed by atoms with Crippen LogP contribution in [0.25, 0.3) is 5.57 Å². The SMILES string of the molecule is CCc1cnc(N2CCC(COc3ccc(C4=CCC(C(=O)NC[C@@H](O)CO)C(C)(C)C4)cc3)CC2)nc1. The lowest BCUT2D eigenvalue weighted by molar-refractivity contribution is -0.129. The molecular weight excluding hydrogens is 480 g/mol. The normalized spacial score (nSPS) is 20.5. The maximum Gasteiger partial charge on any atom is 0.225 e. The molecule has 0 radical (unpaired) electrons. The summed E-state index contributed by atoms with van der Waals surface area (Å²) < 4.78 is 6.14. The maximum atomic E-state index is 12.7. The average Bonchev–Trinajstić information content (AvgIpc) is 2.94.